The number of carboxylic acids is 1. The van der Waals surface area contributed by atoms with Gasteiger partial charge in [-0.25, -0.2) is 9.78 Å². The van der Waals surface area contributed by atoms with E-state index < -0.39 is 12.1 Å². The summed E-state index contributed by atoms with van der Waals surface area (Å²) in [6, 6.07) is 7.85. The molecule has 1 N–H and O–H groups in total. The highest BCUT2D eigenvalue weighted by atomic mass is 16.5. The number of hydrogen-bond donors (Lipinski definition) is 1. The van der Waals surface area contributed by atoms with Gasteiger partial charge in [0.15, 0.2) is 6.10 Å². The first-order valence-corrected chi connectivity index (χ1v) is 6.39. The van der Waals surface area contributed by atoms with Gasteiger partial charge in [0.25, 0.3) is 0 Å². The van der Waals surface area contributed by atoms with Gasteiger partial charge in [0.05, 0.1) is 11.0 Å². The second kappa shape index (κ2) is 5.84. The van der Waals surface area contributed by atoms with Crippen molar-refractivity contribution in [3.05, 3.63) is 30.1 Å². The van der Waals surface area contributed by atoms with Crippen molar-refractivity contribution in [3.63, 3.8) is 0 Å². The first-order chi connectivity index (χ1) is 9.13. The van der Waals surface area contributed by atoms with Crippen LogP contribution in [0.25, 0.3) is 11.0 Å². The fourth-order valence-corrected chi connectivity index (χ4v) is 2.20. The minimum Gasteiger partial charge on any atom is -0.479 e. The summed E-state index contributed by atoms with van der Waals surface area (Å²) in [4.78, 5) is 15.5. The molecule has 2 rings (SSSR count). The summed E-state index contributed by atoms with van der Waals surface area (Å²) in [5.74, 6) is -0.0224. The van der Waals surface area contributed by atoms with Gasteiger partial charge in [-0.15, -0.1) is 0 Å². The number of benzene rings is 1. The third kappa shape index (κ3) is 2.93. The van der Waals surface area contributed by atoms with Gasteiger partial charge in [0.2, 0.25) is 0 Å². The van der Waals surface area contributed by atoms with E-state index in [9.17, 15) is 4.79 Å². The van der Waals surface area contributed by atoms with Gasteiger partial charge < -0.3 is 14.4 Å². The van der Waals surface area contributed by atoms with Crippen molar-refractivity contribution in [1.29, 1.82) is 0 Å². The molecule has 1 aromatic heterocycles. The van der Waals surface area contributed by atoms with Gasteiger partial charge >= 0.3 is 5.97 Å². The molecule has 1 heterocycles. The van der Waals surface area contributed by atoms with Crippen LogP contribution in [-0.2, 0) is 16.1 Å². The van der Waals surface area contributed by atoms with Crippen LogP contribution in [0.2, 0.25) is 0 Å². The van der Waals surface area contributed by atoms with Crippen molar-refractivity contribution in [3.8, 4) is 0 Å². The molecule has 0 bridgehead atoms. The second-order valence-electron chi connectivity index (χ2n) is 4.37. The summed E-state index contributed by atoms with van der Waals surface area (Å²) in [5.41, 5.74) is 1.96. The van der Waals surface area contributed by atoms with Crippen LogP contribution in [0.1, 0.15) is 19.2 Å². The number of aliphatic carboxylic acids is 1. The lowest BCUT2D eigenvalue weighted by molar-refractivity contribution is -0.150. The van der Waals surface area contributed by atoms with Crippen LogP contribution >= 0.6 is 0 Å². The molecule has 0 spiro atoms. The van der Waals surface area contributed by atoms with Crippen LogP contribution < -0.4 is 0 Å². The van der Waals surface area contributed by atoms with E-state index in [1.165, 1.54) is 0 Å². The summed E-state index contributed by atoms with van der Waals surface area (Å²) >= 11 is 0. The Bertz CT molecular complexity index is 577. The Kier molecular flexibility index (Phi) is 4.16. The summed E-state index contributed by atoms with van der Waals surface area (Å²) in [7, 11) is 0. The van der Waals surface area contributed by atoms with Gasteiger partial charge in [0, 0.05) is 19.6 Å². The largest absolute Gasteiger partial charge is 0.479 e. The number of rotatable bonds is 6. The van der Waals surface area contributed by atoms with Crippen molar-refractivity contribution >= 4 is 17.0 Å². The lowest BCUT2D eigenvalue weighted by Crippen LogP contribution is -2.25. The van der Waals surface area contributed by atoms with E-state index in [4.69, 9.17) is 9.84 Å². The smallest absolute Gasteiger partial charge is 0.332 e. The third-order valence-electron chi connectivity index (χ3n) is 3.10. The molecule has 5 heteroatoms. The highest BCUT2D eigenvalue weighted by Crippen LogP contribution is 2.16. The molecule has 0 radical (unpaired) electrons. The predicted molar refractivity (Wildman–Crippen MR) is 72.1 cm³/mol. The monoisotopic (exact) mass is 262 g/mol. The van der Waals surface area contributed by atoms with Crippen molar-refractivity contribution in [1.82, 2.24) is 9.55 Å². The van der Waals surface area contributed by atoms with Gasteiger partial charge in [-0.2, -0.15) is 0 Å². The molecule has 0 aliphatic carbocycles. The summed E-state index contributed by atoms with van der Waals surface area (Å²) in [5, 5.41) is 9.07. The lowest BCUT2D eigenvalue weighted by atomic mass is 10.2. The number of hydrogen-bond acceptors (Lipinski definition) is 3. The highest BCUT2D eigenvalue weighted by Gasteiger charge is 2.18. The average Bonchev–Trinajstić information content (AvgIpc) is 2.70. The van der Waals surface area contributed by atoms with Crippen molar-refractivity contribution in [2.24, 2.45) is 0 Å². The summed E-state index contributed by atoms with van der Waals surface area (Å²) < 4.78 is 7.25. The van der Waals surface area contributed by atoms with E-state index >= 15 is 0 Å². The van der Waals surface area contributed by atoms with E-state index in [1.807, 2.05) is 35.8 Å². The first-order valence-electron chi connectivity index (χ1n) is 6.39. The number of carboxylic acid groups (broad SMARTS) is 1. The highest BCUT2D eigenvalue weighted by molar-refractivity contribution is 5.76. The Hall–Kier alpha value is -1.88. The van der Waals surface area contributed by atoms with Crippen molar-refractivity contribution in [2.45, 2.75) is 32.9 Å². The van der Waals surface area contributed by atoms with Gasteiger partial charge in [-0.1, -0.05) is 12.1 Å². The Labute approximate surface area is 111 Å². The zero-order chi connectivity index (χ0) is 13.8. The van der Waals surface area contributed by atoms with E-state index in [0.29, 0.717) is 19.6 Å². The average molecular weight is 262 g/mol. The normalized spacial score (nSPS) is 12.7. The van der Waals surface area contributed by atoms with Crippen LogP contribution in [0.4, 0.5) is 0 Å². The van der Waals surface area contributed by atoms with Crippen LogP contribution in [-0.4, -0.2) is 33.3 Å². The van der Waals surface area contributed by atoms with Crippen LogP contribution in [0.15, 0.2) is 24.3 Å². The Balaban J connectivity index is 2.17. The quantitative estimate of drug-likeness (QED) is 0.867. The number of nitrogens with zero attached hydrogens (tertiary/aromatic N) is 2. The molecule has 0 fully saturated rings. The summed E-state index contributed by atoms with van der Waals surface area (Å²) in [6.07, 6.45) is -0.324. The molecule has 0 aliphatic heterocycles. The van der Waals surface area contributed by atoms with Gasteiger partial charge in [-0.05, 0) is 26.0 Å². The minimum absolute atomic E-state index is 0.403. The zero-order valence-corrected chi connectivity index (χ0v) is 11.2. The maximum absolute atomic E-state index is 11.0. The fraction of sp³-hybridized carbons (Fsp3) is 0.429. The fourth-order valence-electron chi connectivity index (χ4n) is 2.20. The number of ether oxygens (including phenoxy) is 1. The van der Waals surface area contributed by atoms with Crippen LogP contribution in [0, 0.1) is 6.92 Å². The van der Waals surface area contributed by atoms with Crippen molar-refractivity contribution in [2.75, 3.05) is 6.61 Å². The Morgan fingerprint density at radius 2 is 2.21 bits per heavy atom. The molecule has 0 saturated carbocycles. The third-order valence-corrected chi connectivity index (χ3v) is 3.10. The number of fused-ring (bicyclic) bond motifs is 1. The van der Waals surface area contributed by atoms with Crippen molar-refractivity contribution < 1.29 is 14.6 Å². The second-order valence-corrected chi connectivity index (χ2v) is 4.37. The lowest BCUT2D eigenvalue weighted by Gasteiger charge is -2.13. The maximum atomic E-state index is 11.0. The molecule has 2 aromatic rings. The Morgan fingerprint density at radius 3 is 2.89 bits per heavy atom. The topological polar surface area (TPSA) is 64.4 Å². The first kappa shape index (κ1) is 13.5. The molecular weight excluding hydrogens is 244 g/mol. The summed E-state index contributed by atoms with van der Waals surface area (Å²) in [6.45, 7) is 4.72. The maximum Gasteiger partial charge on any atom is 0.332 e. The van der Waals surface area contributed by atoms with E-state index in [2.05, 4.69) is 4.98 Å². The number of para-hydroxylation sites is 2. The molecule has 19 heavy (non-hydrogen) atoms. The van der Waals surface area contributed by atoms with Gasteiger partial charge in [0.1, 0.15) is 5.82 Å². The minimum atomic E-state index is -0.913. The Morgan fingerprint density at radius 1 is 1.47 bits per heavy atom. The number of carbonyl (C=O) groups is 1. The number of aromatic nitrogens is 2. The van der Waals surface area contributed by atoms with E-state index in [0.717, 1.165) is 16.9 Å². The van der Waals surface area contributed by atoms with E-state index in [1.54, 1.807) is 6.92 Å². The van der Waals surface area contributed by atoms with Crippen LogP contribution in [0.3, 0.4) is 0 Å². The number of imidazole rings is 1. The molecule has 102 valence electrons. The molecule has 1 aromatic carbocycles. The molecule has 1 unspecified atom stereocenters. The standard InChI is InChI=1S/C14H18N2O3/c1-3-19-13(14(17)18)8-9-16-10(2)15-11-6-4-5-7-12(11)16/h4-7,13H,3,8-9H2,1-2H3,(H,17,18). The molecule has 1 atom stereocenters. The predicted octanol–water partition coefficient (Wildman–Crippen LogP) is 2.22. The molecule has 5 nitrogen and oxygen atoms in total. The van der Waals surface area contributed by atoms with E-state index in [-0.39, 0.29) is 0 Å². The van der Waals surface area contributed by atoms with Crippen LogP contribution in [0.5, 0.6) is 0 Å². The molecule has 0 saturated heterocycles. The molecule has 0 aliphatic rings. The number of aryl methyl sites for hydroxylation is 2. The van der Waals surface area contributed by atoms with Gasteiger partial charge in [-0.3, -0.25) is 0 Å². The molecule has 0 amide bonds. The zero-order valence-electron chi connectivity index (χ0n) is 11.2. The SMILES string of the molecule is CCOC(CCn1c(C)nc2ccccc21)C(=O)O. The molecular formula is C14H18N2O3.